The summed E-state index contributed by atoms with van der Waals surface area (Å²) in [7, 11) is 1.97. The molecule has 0 radical (unpaired) electrons. The van der Waals surface area contributed by atoms with Gasteiger partial charge in [0.05, 0.1) is 0 Å². The van der Waals surface area contributed by atoms with E-state index in [2.05, 4.69) is 0 Å². The molecule has 80 valence electrons. The predicted molar refractivity (Wildman–Crippen MR) is 57.6 cm³/mol. The van der Waals surface area contributed by atoms with E-state index >= 15 is 0 Å². The lowest BCUT2D eigenvalue weighted by atomic mass is 9.94. The molecule has 14 heavy (non-hydrogen) atoms. The average Bonchev–Trinajstić information content (AvgIpc) is 2.51. The van der Waals surface area contributed by atoms with Crippen LogP contribution in [0.3, 0.4) is 0 Å². The molecule has 0 unspecified atom stereocenters. The van der Waals surface area contributed by atoms with Crippen molar-refractivity contribution in [2.24, 2.45) is 5.41 Å². The standard InChI is InChI=1S/C11H19NO2/c1-9-5-6-10(14-9)12(4)7-11(2,3)8-13/h5-6,13H,7-8H2,1-4H3. The number of hydrogen-bond donors (Lipinski definition) is 1. The van der Waals surface area contributed by atoms with Gasteiger partial charge in [-0.2, -0.15) is 0 Å². The van der Waals surface area contributed by atoms with Gasteiger partial charge in [-0.25, -0.2) is 0 Å². The molecule has 0 atom stereocenters. The molecule has 1 N–H and O–H groups in total. The molecule has 0 bridgehead atoms. The zero-order valence-corrected chi connectivity index (χ0v) is 9.37. The first-order valence-electron chi connectivity index (χ1n) is 4.83. The van der Waals surface area contributed by atoms with Crippen molar-refractivity contribution in [2.45, 2.75) is 20.8 Å². The van der Waals surface area contributed by atoms with E-state index in [0.717, 1.165) is 18.2 Å². The minimum Gasteiger partial charge on any atom is -0.446 e. The molecule has 0 fully saturated rings. The van der Waals surface area contributed by atoms with Crippen molar-refractivity contribution in [1.29, 1.82) is 0 Å². The maximum atomic E-state index is 9.14. The quantitative estimate of drug-likeness (QED) is 0.802. The molecule has 1 rings (SSSR count). The Hall–Kier alpha value is -0.960. The van der Waals surface area contributed by atoms with Gasteiger partial charge in [-0.05, 0) is 13.0 Å². The Morgan fingerprint density at radius 2 is 2.07 bits per heavy atom. The molecule has 0 spiro atoms. The maximum absolute atomic E-state index is 9.14. The lowest BCUT2D eigenvalue weighted by molar-refractivity contribution is 0.164. The monoisotopic (exact) mass is 197 g/mol. The van der Waals surface area contributed by atoms with Crippen LogP contribution in [-0.2, 0) is 0 Å². The molecule has 1 aromatic heterocycles. The summed E-state index contributed by atoms with van der Waals surface area (Å²) in [5, 5.41) is 9.14. The fourth-order valence-corrected chi connectivity index (χ4v) is 1.40. The minimum atomic E-state index is -0.102. The minimum absolute atomic E-state index is 0.102. The number of furan rings is 1. The summed E-state index contributed by atoms with van der Waals surface area (Å²) in [5.41, 5.74) is -0.102. The van der Waals surface area contributed by atoms with Crippen molar-refractivity contribution in [3.63, 3.8) is 0 Å². The van der Waals surface area contributed by atoms with E-state index in [1.165, 1.54) is 0 Å². The third-order valence-electron chi connectivity index (χ3n) is 2.20. The zero-order chi connectivity index (χ0) is 10.8. The molecule has 3 heteroatoms. The van der Waals surface area contributed by atoms with E-state index in [9.17, 15) is 0 Å². The Morgan fingerprint density at radius 1 is 1.43 bits per heavy atom. The summed E-state index contributed by atoms with van der Waals surface area (Å²) >= 11 is 0. The molecule has 0 aliphatic heterocycles. The van der Waals surface area contributed by atoms with Gasteiger partial charge in [0, 0.05) is 31.7 Å². The van der Waals surface area contributed by atoms with E-state index in [1.807, 2.05) is 44.9 Å². The van der Waals surface area contributed by atoms with Crippen LogP contribution in [0.5, 0.6) is 0 Å². The second-order valence-electron chi connectivity index (χ2n) is 4.56. The second-order valence-corrected chi connectivity index (χ2v) is 4.56. The number of aryl methyl sites for hydroxylation is 1. The number of rotatable bonds is 4. The molecule has 3 nitrogen and oxygen atoms in total. The van der Waals surface area contributed by atoms with Crippen molar-refractivity contribution in [1.82, 2.24) is 0 Å². The van der Waals surface area contributed by atoms with Crippen LogP contribution in [0.4, 0.5) is 5.88 Å². The van der Waals surface area contributed by atoms with Gasteiger partial charge in [-0.1, -0.05) is 13.8 Å². The van der Waals surface area contributed by atoms with Crippen LogP contribution < -0.4 is 4.90 Å². The van der Waals surface area contributed by atoms with E-state index in [1.54, 1.807) is 0 Å². The summed E-state index contributed by atoms with van der Waals surface area (Å²) in [5.74, 6) is 1.76. The van der Waals surface area contributed by atoms with Crippen LogP contribution in [-0.4, -0.2) is 25.3 Å². The molecule has 0 aliphatic carbocycles. The predicted octanol–water partition coefficient (Wildman–Crippen LogP) is 2.04. The summed E-state index contributed by atoms with van der Waals surface area (Å²) in [6.45, 7) is 6.93. The molecule has 0 amide bonds. The van der Waals surface area contributed by atoms with Crippen LogP contribution in [0.15, 0.2) is 16.5 Å². The fourth-order valence-electron chi connectivity index (χ4n) is 1.40. The number of aliphatic hydroxyl groups is 1. The Morgan fingerprint density at radius 3 is 2.50 bits per heavy atom. The van der Waals surface area contributed by atoms with E-state index < -0.39 is 0 Å². The van der Waals surface area contributed by atoms with Crippen molar-refractivity contribution in [3.8, 4) is 0 Å². The third-order valence-corrected chi connectivity index (χ3v) is 2.20. The van der Waals surface area contributed by atoms with Gasteiger partial charge < -0.3 is 14.4 Å². The first kappa shape index (κ1) is 11.1. The van der Waals surface area contributed by atoms with Crippen LogP contribution in [0.2, 0.25) is 0 Å². The van der Waals surface area contributed by atoms with E-state index in [0.29, 0.717) is 0 Å². The van der Waals surface area contributed by atoms with Crippen molar-refractivity contribution in [3.05, 3.63) is 17.9 Å². The van der Waals surface area contributed by atoms with Gasteiger partial charge >= 0.3 is 0 Å². The van der Waals surface area contributed by atoms with Crippen LogP contribution in [0.25, 0.3) is 0 Å². The van der Waals surface area contributed by atoms with Gasteiger partial charge in [-0.15, -0.1) is 0 Å². The SMILES string of the molecule is Cc1ccc(N(C)CC(C)(C)CO)o1. The normalized spacial score (nSPS) is 11.8. The molecule has 0 saturated carbocycles. The molecule has 1 aromatic rings. The highest BCUT2D eigenvalue weighted by Gasteiger charge is 2.20. The Kier molecular flexibility index (Phi) is 3.21. The van der Waals surface area contributed by atoms with E-state index in [-0.39, 0.29) is 12.0 Å². The molecular formula is C11H19NO2. The van der Waals surface area contributed by atoms with Gasteiger partial charge in [0.25, 0.3) is 0 Å². The average molecular weight is 197 g/mol. The third kappa shape index (κ3) is 2.77. The Balaban J connectivity index is 2.63. The molecule has 0 saturated heterocycles. The first-order chi connectivity index (χ1) is 6.44. The van der Waals surface area contributed by atoms with Gasteiger partial charge in [0.15, 0.2) is 5.88 Å². The van der Waals surface area contributed by atoms with Crippen LogP contribution in [0.1, 0.15) is 19.6 Å². The second kappa shape index (κ2) is 4.05. The highest BCUT2D eigenvalue weighted by atomic mass is 16.4. The number of nitrogens with zero attached hydrogens (tertiary/aromatic N) is 1. The van der Waals surface area contributed by atoms with Crippen molar-refractivity contribution < 1.29 is 9.52 Å². The molecule has 0 aliphatic rings. The lowest BCUT2D eigenvalue weighted by Gasteiger charge is -2.28. The van der Waals surface area contributed by atoms with Crippen molar-refractivity contribution >= 4 is 5.88 Å². The Bertz CT molecular complexity index is 291. The summed E-state index contributed by atoms with van der Waals surface area (Å²) in [4.78, 5) is 2.02. The molecular weight excluding hydrogens is 178 g/mol. The van der Waals surface area contributed by atoms with Crippen LogP contribution in [0, 0.1) is 12.3 Å². The maximum Gasteiger partial charge on any atom is 0.195 e. The number of anilines is 1. The lowest BCUT2D eigenvalue weighted by Crippen LogP contribution is -2.33. The topological polar surface area (TPSA) is 36.6 Å². The Labute approximate surface area is 85.3 Å². The number of hydrogen-bond acceptors (Lipinski definition) is 3. The fraction of sp³-hybridized carbons (Fsp3) is 0.636. The summed E-state index contributed by atoms with van der Waals surface area (Å²) in [6.07, 6.45) is 0. The first-order valence-corrected chi connectivity index (χ1v) is 4.83. The van der Waals surface area contributed by atoms with Gasteiger partial charge in [-0.3, -0.25) is 0 Å². The summed E-state index contributed by atoms with van der Waals surface area (Å²) < 4.78 is 5.48. The smallest absolute Gasteiger partial charge is 0.195 e. The van der Waals surface area contributed by atoms with Gasteiger partial charge in [0.2, 0.25) is 0 Å². The van der Waals surface area contributed by atoms with Crippen molar-refractivity contribution in [2.75, 3.05) is 25.1 Å². The highest BCUT2D eigenvalue weighted by molar-refractivity contribution is 5.35. The molecule has 0 aromatic carbocycles. The molecule has 1 heterocycles. The number of aliphatic hydroxyl groups excluding tert-OH is 1. The van der Waals surface area contributed by atoms with E-state index in [4.69, 9.17) is 9.52 Å². The highest BCUT2D eigenvalue weighted by Crippen LogP contribution is 2.22. The summed E-state index contributed by atoms with van der Waals surface area (Å²) in [6, 6.07) is 3.89. The zero-order valence-electron chi connectivity index (χ0n) is 9.37. The van der Waals surface area contributed by atoms with Gasteiger partial charge in [0.1, 0.15) is 5.76 Å². The largest absolute Gasteiger partial charge is 0.446 e. The van der Waals surface area contributed by atoms with Crippen LogP contribution >= 0.6 is 0 Å².